The van der Waals surface area contributed by atoms with Gasteiger partial charge in [0.2, 0.25) is 5.91 Å². The predicted molar refractivity (Wildman–Crippen MR) is 105 cm³/mol. The number of thiophene rings is 1. The van der Waals surface area contributed by atoms with Crippen LogP contribution < -0.4 is 0 Å². The molecule has 146 valence electrons. The molecule has 1 unspecified atom stereocenters. The first kappa shape index (κ1) is 19.8. The van der Waals surface area contributed by atoms with Crippen LogP contribution in [0.1, 0.15) is 56.2 Å². The molecule has 0 aromatic carbocycles. The Hall–Kier alpha value is -0.920. The maximum absolute atomic E-state index is 13.0. The van der Waals surface area contributed by atoms with Crippen molar-refractivity contribution in [2.45, 2.75) is 68.5 Å². The number of nitrogens with zero attached hydrogens (tertiary/aromatic N) is 2. The second-order valence-corrected chi connectivity index (χ2v) is 11.1. The van der Waals surface area contributed by atoms with Crippen LogP contribution in [0, 0.1) is 12.8 Å². The standard InChI is InChI=1S/C19H30N2O3S2/c1-15-11-12-18(25-15)26(23,24)21-13-7-8-16(14-21)19(22)20(2)17-9-5-3-4-6-10-17/h11-12,16-17H,3-10,13-14H2,1-2H3. The van der Waals surface area contributed by atoms with Crippen molar-refractivity contribution in [1.29, 1.82) is 0 Å². The third-order valence-electron chi connectivity index (χ3n) is 5.76. The quantitative estimate of drug-likeness (QED) is 0.728. The summed E-state index contributed by atoms with van der Waals surface area (Å²) in [5, 5.41) is 0. The van der Waals surface area contributed by atoms with Crippen LogP contribution in [0.25, 0.3) is 0 Å². The Kier molecular flexibility index (Phi) is 6.41. The summed E-state index contributed by atoms with van der Waals surface area (Å²) in [4.78, 5) is 15.9. The van der Waals surface area contributed by atoms with Gasteiger partial charge >= 0.3 is 0 Å². The van der Waals surface area contributed by atoms with E-state index in [2.05, 4.69) is 0 Å². The fourth-order valence-corrected chi connectivity index (χ4v) is 7.11. The summed E-state index contributed by atoms with van der Waals surface area (Å²) in [5.74, 6) is -0.0907. The van der Waals surface area contributed by atoms with Crippen LogP contribution in [0.3, 0.4) is 0 Å². The number of hydrogen-bond acceptors (Lipinski definition) is 4. The van der Waals surface area contributed by atoms with Crippen LogP contribution in [0.5, 0.6) is 0 Å². The monoisotopic (exact) mass is 398 g/mol. The van der Waals surface area contributed by atoms with E-state index < -0.39 is 10.0 Å². The molecule has 1 aliphatic heterocycles. The van der Waals surface area contributed by atoms with Gasteiger partial charge in [-0.3, -0.25) is 4.79 Å². The lowest BCUT2D eigenvalue weighted by Crippen LogP contribution is -2.48. The van der Waals surface area contributed by atoms with Crippen molar-refractivity contribution in [2.75, 3.05) is 20.1 Å². The topological polar surface area (TPSA) is 57.7 Å². The number of carbonyl (C=O) groups is 1. The Morgan fingerprint density at radius 2 is 1.81 bits per heavy atom. The normalized spacial score (nSPS) is 23.5. The molecule has 0 spiro atoms. The molecule has 5 nitrogen and oxygen atoms in total. The van der Waals surface area contributed by atoms with E-state index in [4.69, 9.17) is 0 Å². The third-order valence-corrected chi connectivity index (χ3v) is 9.10. The minimum Gasteiger partial charge on any atom is -0.342 e. The van der Waals surface area contributed by atoms with Gasteiger partial charge in [0.25, 0.3) is 10.0 Å². The van der Waals surface area contributed by atoms with Crippen molar-refractivity contribution in [3.05, 3.63) is 17.0 Å². The van der Waals surface area contributed by atoms with E-state index in [1.807, 2.05) is 24.9 Å². The molecule has 0 bridgehead atoms. The van der Waals surface area contributed by atoms with Crippen LogP contribution in [0.15, 0.2) is 16.3 Å². The van der Waals surface area contributed by atoms with Gasteiger partial charge in [-0.1, -0.05) is 25.7 Å². The first-order chi connectivity index (χ1) is 12.4. The molecule has 1 aromatic rings. The lowest BCUT2D eigenvalue weighted by atomic mass is 9.96. The van der Waals surface area contributed by atoms with Gasteiger partial charge in [0.05, 0.1) is 5.92 Å². The zero-order valence-electron chi connectivity index (χ0n) is 15.8. The Bertz CT molecular complexity index is 721. The zero-order valence-corrected chi connectivity index (χ0v) is 17.4. The van der Waals surface area contributed by atoms with E-state index in [-0.39, 0.29) is 11.8 Å². The number of amides is 1. The molecule has 1 amide bonds. The van der Waals surface area contributed by atoms with Crippen molar-refractivity contribution < 1.29 is 13.2 Å². The number of rotatable bonds is 4. The molecule has 0 N–H and O–H groups in total. The van der Waals surface area contributed by atoms with Gasteiger partial charge in [-0.25, -0.2) is 8.42 Å². The number of hydrogen-bond donors (Lipinski definition) is 0. The molecule has 1 aliphatic carbocycles. The van der Waals surface area contributed by atoms with Gasteiger partial charge in [0.1, 0.15) is 4.21 Å². The fraction of sp³-hybridized carbons (Fsp3) is 0.737. The second-order valence-electron chi connectivity index (χ2n) is 7.66. The van der Waals surface area contributed by atoms with Crippen molar-refractivity contribution in [3.63, 3.8) is 0 Å². The van der Waals surface area contributed by atoms with Crippen LogP contribution in [0.2, 0.25) is 0 Å². The molecule has 2 fully saturated rings. The van der Waals surface area contributed by atoms with Gasteiger partial charge < -0.3 is 4.90 Å². The summed E-state index contributed by atoms with van der Waals surface area (Å²) in [6.07, 6.45) is 8.57. The molecule has 3 rings (SSSR count). The fourth-order valence-electron chi connectivity index (χ4n) is 4.15. The molecule has 1 aromatic heterocycles. The Balaban J connectivity index is 1.68. The molecule has 0 radical (unpaired) electrons. The predicted octanol–water partition coefficient (Wildman–Crippen LogP) is 3.64. The minimum absolute atomic E-state index is 0.124. The molecule has 2 heterocycles. The van der Waals surface area contributed by atoms with E-state index in [1.165, 1.54) is 41.3 Å². The molecule has 1 atom stereocenters. The van der Waals surface area contributed by atoms with E-state index in [9.17, 15) is 13.2 Å². The Morgan fingerprint density at radius 3 is 2.42 bits per heavy atom. The Morgan fingerprint density at radius 1 is 1.12 bits per heavy atom. The third kappa shape index (κ3) is 4.31. The van der Waals surface area contributed by atoms with Crippen LogP contribution in [-0.2, 0) is 14.8 Å². The number of sulfonamides is 1. The van der Waals surface area contributed by atoms with Gasteiger partial charge in [-0.05, 0) is 44.7 Å². The van der Waals surface area contributed by atoms with Crippen molar-refractivity contribution >= 4 is 27.3 Å². The van der Waals surface area contributed by atoms with E-state index in [1.54, 1.807) is 6.07 Å². The molecular formula is C19H30N2O3S2. The highest BCUT2D eigenvalue weighted by atomic mass is 32.2. The molecular weight excluding hydrogens is 368 g/mol. The number of piperidine rings is 1. The highest BCUT2D eigenvalue weighted by molar-refractivity contribution is 7.91. The summed E-state index contributed by atoms with van der Waals surface area (Å²) in [6, 6.07) is 3.83. The highest BCUT2D eigenvalue weighted by Crippen LogP contribution is 2.30. The average Bonchev–Trinajstić information content (AvgIpc) is 2.92. The first-order valence-electron chi connectivity index (χ1n) is 9.73. The van der Waals surface area contributed by atoms with Gasteiger partial charge in [-0.15, -0.1) is 11.3 Å². The van der Waals surface area contributed by atoms with Crippen LogP contribution in [0.4, 0.5) is 0 Å². The van der Waals surface area contributed by atoms with Crippen LogP contribution >= 0.6 is 11.3 Å². The first-order valence-corrected chi connectivity index (χ1v) is 12.0. The zero-order chi connectivity index (χ0) is 18.7. The largest absolute Gasteiger partial charge is 0.342 e. The van der Waals surface area contributed by atoms with Crippen molar-refractivity contribution in [1.82, 2.24) is 9.21 Å². The summed E-state index contributed by atoms with van der Waals surface area (Å²) in [7, 11) is -1.57. The van der Waals surface area contributed by atoms with E-state index >= 15 is 0 Å². The van der Waals surface area contributed by atoms with Gasteiger partial charge in [0, 0.05) is 31.1 Å². The summed E-state index contributed by atoms with van der Waals surface area (Å²) < 4.78 is 27.7. The SMILES string of the molecule is Cc1ccc(S(=O)(=O)N2CCCC(C(=O)N(C)C3CCCCCC3)C2)s1. The summed E-state index contributed by atoms with van der Waals surface area (Å²) >= 11 is 1.30. The highest BCUT2D eigenvalue weighted by Gasteiger charge is 2.36. The molecule has 1 saturated heterocycles. The molecule has 2 aliphatic rings. The second kappa shape index (κ2) is 8.40. The number of carbonyl (C=O) groups excluding carboxylic acids is 1. The smallest absolute Gasteiger partial charge is 0.252 e. The van der Waals surface area contributed by atoms with Gasteiger partial charge in [-0.2, -0.15) is 4.31 Å². The maximum Gasteiger partial charge on any atom is 0.252 e. The Labute approximate surface area is 161 Å². The summed E-state index contributed by atoms with van der Waals surface area (Å²) in [6.45, 7) is 2.74. The molecule has 1 saturated carbocycles. The summed E-state index contributed by atoms with van der Waals surface area (Å²) in [5.41, 5.74) is 0. The van der Waals surface area contributed by atoms with Crippen molar-refractivity contribution in [2.24, 2.45) is 5.92 Å². The lowest BCUT2D eigenvalue weighted by molar-refractivity contribution is -0.137. The van der Waals surface area contributed by atoms with Gasteiger partial charge in [0.15, 0.2) is 0 Å². The van der Waals surface area contributed by atoms with E-state index in [0.717, 1.165) is 30.6 Å². The van der Waals surface area contributed by atoms with Crippen LogP contribution in [-0.4, -0.2) is 49.7 Å². The maximum atomic E-state index is 13.0. The molecule has 26 heavy (non-hydrogen) atoms. The number of aryl methyl sites for hydroxylation is 1. The van der Waals surface area contributed by atoms with Crippen molar-refractivity contribution in [3.8, 4) is 0 Å². The lowest BCUT2D eigenvalue weighted by Gasteiger charge is -2.35. The van der Waals surface area contributed by atoms with E-state index in [0.29, 0.717) is 23.3 Å². The average molecular weight is 399 g/mol. The molecule has 7 heteroatoms. The minimum atomic E-state index is -3.48.